The molecule has 6 nitrogen and oxygen atoms in total. The third-order valence-corrected chi connectivity index (χ3v) is 2.08. The maximum Gasteiger partial charge on any atom is 0.426 e. The quantitative estimate of drug-likeness (QED) is 0.874. The molecule has 0 atom stereocenters. The molecule has 7 heteroatoms. The second-order valence-electron chi connectivity index (χ2n) is 4.39. The van der Waals surface area contributed by atoms with E-state index in [1.54, 1.807) is 20.8 Å². The SMILES string of the molecule is CC(C)(C)OC(=O)Nn1cc(Br)cc1C(N)=O. The Bertz CT molecular complexity index is 448. The normalized spacial score (nSPS) is 11.1. The van der Waals surface area contributed by atoms with E-state index in [-0.39, 0.29) is 5.69 Å². The van der Waals surface area contributed by atoms with E-state index in [4.69, 9.17) is 10.5 Å². The molecular formula is C10H14BrN3O3. The second kappa shape index (κ2) is 4.79. The summed E-state index contributed by atoms with van der Waals surface area (Å²) in [5, 5.41) is 0. The van der Waals surface area contributed by atoms with Crippen molar-refractivity contribution in [2.75, 3.05) is 5.43 Å². The number of aromatic nitrogens is 1. The largest absolute Gasteiger partial charge is 0.443 e. The molecule has 17 heavy (non-hydrogen) atoms. The van der Waals surface area contributed by atoms with Crippen LogP contribution in [0.4, 0.5) is 4.79 Å². The van der Waals surface area contributed by atoms with E-state index in [1.807, 2.05) is 0 Å². The number of carbonyl (C=O) groups excluding carboxylic acids is 2. The van der Waals surface area contributed by atoms with Crippen molar-refractivity contribution in [1.29, 1.82) is 0 Å². The number of nitrogens with two attached hydrogens (primary N) is 1. The highest BCUT2D eigenvalue weighted by atomic mass is 79.9. The number of ether oxygens (including phenoxy) is 1. The summed E-state index contributed by atoms with van der Waals surface area (Å²) in [7, 11) is 0. The molecule has 0 fully saturated rings. The maximum absolute atomic E-state index is 11.5. The molecule has 3 N–H and O–H groups in total. The maximum atomic E-state index is 11.5. The lowest BCUT2D eigenvalue weighted by molar-refractivity contribution is 0.0613. The lowest BCUT2D eigenvalue weighted by atomic mass is 10.2. The van der Waals surface area contributed by atoms with Crippen molar-refractivity contribution >= 4 is 27.9 Å². The number of amides is 2. The molecule has 0 aromatic carbocycles. The average Bonchev–Trinajstić information content (AvgIpc) is 2.42. The van der Waals surface area contributed by atoms with Crippen LogP contribution in [-0.4, -0.2) is 22.3 Å². The standard InChI is InChI=1S/C10H14BrN3O3/c1-10(2,3)17-9(16)13-14-5-6(11)4-7(14)8(12)15/h4-5H,1-3H3,(H2,12,15)(H,13,16). The molecule has 0 spiro atoms. The Balaban J connectivity index is 2.81. The van der Waals surface area contributed by atoms with Crippen molar-refractivity contribution in [2.45, 2.75) is 26.4 Å². The van der Waals surface area contributed by atoms with Crippen molar-refractivity contribution in [3.05, 3.63) is 22.4 Å². The Labute approximate surface area is 107 Å². The highest BCUT2D eigenvalue weighted by Gasteiger charge is 2.18. The van der Waals surface area contributed by atoms with E-state index in [2.05, 4.69) is 21.4 Å². The second-order valence-corrected chi connectivity index (χ2v) is 5.31. The lowest BCUT2D eigenvalue weighted by Gasteiger charge is -2.20. The fourth-order valence-electron chi connectivity index (χ4n) is 1.11. The van der Waals surface area contributed by atoms with Crippen LogP contribution >= 0.6 is 15.9 Å². The van der Waals surface area contributed by atoms with E-state index in [1.165, 1.54) is 16.9 Å². The van der Waals surface area contributed by atoms with Gasteiger partial charge in [0.1, 0.15) is 11.3 Å². The van der Waals surface area contributed by atoms with Gasteiger partial charge >= 0.3 is 6.09 Å². The number of hydrogen-bond donors (Lipinski definition) is 2. The monoisotopic (exact) mass is 303 g/mol. The van der Waals surface area contributed by atoms with Crippen LogP contribution in [0.5, 0.6) is 0 Å². The summed E-state index contributed by atoms with van der Waals surface area (Å²) in [6.07, 6.45) is 0.840. The molecule has 0 aliphatic carbocycles. The first-order chi connectivity index (χ1) is 7.69. The molecule has 0 saturated carbocycles. The van der Waals surface area contributed by atoms with Gasteiger partial charge < -0.3 is 10.5 Å². The number of nitrogens with zero attached hydrogens (tertiary/aromatic N) is 1. The predicted octanol–water partition coefficient (Wildman–Crippen LogP) is 1.83. The minimum atomic E-state index is -0.664. The third-order valence-electron chi connectivity index (χ3n) is 1.65. The average molecular weight is 304 g/mol. The number of primary amides is 1. The Morgan fingerprint density at radius 2 is 2.06 bits per heavy atom. The van der Waals surface area contributed by atoms with Crippen molar-refractivity contribution in [1.82, 2.24) is 4.68 Å². The van der Waals surface area contributed by atoms with E-state index in [0.717, 1.165) is 0 Å². The predicted molar refractivity (Wildman–Crippen MR) is 66.2 cm³/mol. The lowest BCUT2D eigenvalue weighted by Crippen LogP contribution is -2.33. The van der Waals surface area contributed by atoms with Gasteiger partial charge in [0.25, 0.3) is 5.91 Å². The van der Waals surface area contributed by atoms with E-state index in [9.17, 15) is 9.59 Å². The van der Waals surface area contributed by atoms with Crippen LogP contribution in [-0.2, 0) is 4.74 Å². The third kappa shape index (κ3) is 4.10. The number of rotatable bonds is 2. The van der Waals surface area contributed by atoms with Gasteiger partial charge in [-0.15, -0.1) is 0 Å². The summed E-state index contributed by atoms with van der Waals surface area (Å²) in [5.41, 5.74) is 7.10. The van der Waals surface area contributed by atoms with Crippen LogP contribution in [0.1, 0.15) is 31.3 Å². The van der Waals surface area contributed by atoms with Gasteiger partial charge in [0, 0.05) is 10.7 Å². The number of carbonyl (C=O) groups is 2. The fraction of sp³-hybridized carbons (Fsp3) is 0.400. The minimum absolute atomic E-state index is 0.155. The van der Waals surface area contributed by atoms with E-state index >= 15 is 0 Å². The zero-order valence-electron chi connectivity index (χ0n) is 9.78. The van der Waals surface area contributed by atoms with Gasteiger partial charge in [0.2, 0.25) is 0 Å². The summed E-state index contributed by atoms with van der Waals surface area (Å²) in [5.74, 6) is -0.647. The van der Waals surface area contributed by atoms with Gasteiger partial charge in [0.05, 0.1) is 0 Å². The zero-order chi connectivity index (χ0) is 13.2. The summed E-state index contributed by atoms with van der Waals surface area (Å²) in [6.45, 7) is 5.23. The summed E-state index contributed by atoms with van der Waals surface area (Å²) in [6, 6.07) is 1.50. The molecular weight excluding hydrogens is 290 g/mol. The highest BCUT2D eigenvalue weighted by Crippen LogP contribution is 2.14. The Morgan fingerprint density at radius 1 is 1.47 bits per heavy atom. The van der Waals surface area contributed by atoms with Crippen LogP contribution in [0.15, 0.2) is 16.7 Å². The first kappa shape index (κ1) is 13.6. The van der Waals surface area contributed by atoms with Gasteiger partial charge in [-0.25, -0.2) is 10.2 Å². The van der Waals surface area contributed by atoms with Crippen LogP contribution in [0.25, 0.3) is 0 Å². The van der Waals surface area contributed by atoms with Crippen LogP contribution in [0.3, 0.4) is 0 Å². The molecule has 1 aromatic rings. The van der Waals surface area contributed by atoms with Crippen LogP contribution < -0.4 is 11.2 Å². The number of hydrogen-bond acceptors (Lipinski definition) is 3. The zero-order valence-corrected chi connectivity index (χ0v) is 11.4. The smallest absolute Gasteiger partial charge is 0.426 e. The van der Waals surface area contributed by atoms with Crippen LogP contribution in [0, 0.1) is 0 Å². The molecule has 0 bridgehead atoms. The van der Waals surface area contributed by atoms with E-state index < -0.39 is 17.6 Å². The first-order valence-electron chi connectivity index (χ1n) is 4.87. The van der Waals surface area contributed by atoms with Gasteiger partial charge in [-0.3, -0.25) is 9.47 Å². The minimum Gasteiger partial charge on any atom is -0.443 e. The molecule has 0 unspecified atom stereocenters. The Hall–Kier alpha value is -1.50. The van der Waals surface area contributed by atoms with Gasteiger partial charge in [-0.05, 0) is 42.8 Å². The van der Waals surface area contributed by atoms with Gasteiger partial charge in [0.15, 0.2) is 0 Å². The molecule has 2 amide bonds. The Kier molecular flexibility index (Phi) is 3.82. The Morgan fingerprint density at radius 3 is 2.53 bits per heavy atom. The van der Waals surface area contributed by atoms with Crippen molar-refractivity contribution in [3.63, 3.8) is 0 Å². The molecule has 1 aromatic heterocycles. The summed E-state index contributed by atoms with van der Waals surface area (Å²) in [4.78, 5) is 22.6. The number of nitrogens with one attached hydrogen (secondary N) is 1. The summed E-state index contributed by atoms with van der Waals surface area (Å²) < 4.78 is 6.88. The first-order valence-corrected chi connectivity index (χ1v) is 5.66. The van der Waals surface area contributed by atoms with Crippen molar-refractivity contribution in [3.8, 4) is 0 Å². The molecule has 0 aliphatic heterocycles. The molecule has 0 radical (unpaired) electrons. The molecule has 1 rings (SSSR count). The highest BCUT2D eigenvalue weighted by molar-refractivity contribution is 9.10. The van der Waals surface area contributed by atoms with Crippen LogP contribution in [0.2, 0.25) is 0 Å². The molecule has 0 aliphatic rings. The van der Waals surface area contributed by atoms with Gasteiger partial charge in [-0.2, -0.15) is 0 Å². The summed E-state index contributed by atoms with van der Waals surface area (Å²) >= 11 is 3.18. The molecule has 1 heterocycles. The van der Waals surface area contributed by atoms with Crippen molar-refractivity contribution in [2.24, 2.45) is 5.73 Å². The topological polar surface area (TPSA) is 86.3 Å². The fourth-order valence-corrected chi connectivity index (χ4v) is 1.53. The number of halogens is 1. The molecule has 0 saturated heterocycles. The van der Waals surface area contributed by atoms with Gasteiger partial charge in [-0.1, -0.05) is 0 Å². The van der Waals surface area contributed by atoms with E-state index in [0.29, 0.717) is 4.47 Å². The molecule has 94 valence electrons. The van der Waals surface area contributed by atoms with Crippen molar-refractivity contribution < 1.29 is 14.3 Å².